The van der Waals surface area contributed by atoms with Gasteiger partial charge in [0.1, 0.15) is 5.75 Å². The maximum absolute atomic E-state index is 6.36. The van der Waals surface area contributed by atoms with E-state index in [0.717, 1.165) is 23.0 Å². The summed E-state index contributed by atoms with van der Waals surface area (Å²) in [4.78, 5) is 2.09. The van der Waals surface area contributed by atoms with E-state index >= 15 is 0 Å². The van der Waals surface area contributed by atoms with Gasteiger partial charge in [-0.15, -0.1) is 0 Å². The number of rotatable bonds is 1. The summed E-state index contributed by atoms with van der Waals surface area (Å²) in [6.45, 7) is 4.20. The molecule has 1 fully saturated rings. The highest BCUT2D eigenvalue weighted by atomic mass is 32.1. The summed E-state index contributed by atoms with van der Waals surface area (Å²) in [6.07, 6.45) is 0.859. The maximum atomic E-state index is 6.36. The first kappa shape index (κ1) is 13.6. The number of benzene rings is 2. The molecule has 0 radical (unpaired) electrons. The molecular weight excluding hydrogens is 292 g/mol. The zero-order valence-corrected chi connectivity index (χ0v) is 13.5. The van der Waals surface area contributed by atoms with Gasteiger partial charge in [-0.3, -0.25) is 4.90 Å². The molecule has 0 amide bonds. The van der Waals surface area contributed by atoms with Crippen molar-refractivity contribution in [1.29, 1.82) is 0 Å². The molecule has 0 saturated carbocycles. The molecule has 4 heteroatoms. The SMILES string of the molecule is Cc1ccc(N2C(=S)N[C@H]3C[C@@]2(C)Oc2ccccc23)cc1. The minimum atomic E-state index is -0.462. The monoisotopic (exact) mass is 310 g/mol. The minimum absolute atomic E-state index is 0.212. The predicted octanol–water partition coefficient (Wildman–Crippen LogP) is 3.93. The molecule has 2 bridgehead atoms. The van der Waals surface area contributed by atoms with Gasteiger partial charge in [-0.2, -0.15) is 0 Å². The van der Waals surface area contributed by atoms with Crippen LogP contribution in [-0.4, -0.2) is 10.8 Å². The number of nitrogens with one attached hydrogen (secondary N) is 1. The quantitative estimate of drug-likeness (QED) is 0.807. The molecule has 22 heavy (non-hydrogen) atoms. The Labute approximate surface area is 135 Å². The average Bonchev–Trinajstić information content (AvgIpc) is 2.48. The number of para-hydroxylation sites is 1. The fraction of sp³-hybridized carbons (Fsp3) is 0.278. The molecule has 0 aliphatic carbocycles. The normalized spacial score (nSPS) is 26.0. The standard InChI is InChI=1S/C18H18N2OS/c1-12-7-9-13(10-8-12)20-17(22)19-15-11-18(20,2)21-16-6-4-3-5-14(15)16/h3-10,15H,11H2,1-2H3,(H,19,22)/t15-,18+/m0/s1. The first-order valence-corrected chi connectivity index (χ1v) is 7.93. The Kier molecular flexibility index (Phi) is 2.91. The highest BCUT2D eigenvalue weighted by Gasteiger charge is 2.48. The second-order valence-electron chi connectivity index (χ2n) is 6.19. The molecule has 0 aromatic heterocycles. The second-order valence-corrected chi connectivity index (χ2v) is 6.58. The van der Waals surface area contributed by atoms with Gasteiger partial charge in [-0.25, -0.2) is 0 Å². The summed E-state index contributed by atoms with van der Waals surface area (Å²) in [5.41, 5.74) is 3.02. The number of fused-ring (bicyclic) bond motifs is 4. The number of hydrogen-bond acceptors (Lipinski definition) is 2. The largest absolute Gasteiger partial charge is 0.467 e. The van der Waals surface area contributed by atoms with E-state index in [4.69, 9.17) is 17.0 Å². The Hall–Kier alpha value is -2.07. The molecule has 3 nitrogen and oxygen atoms in total. The summed E-state index contributed by atoms with van der Waals surface area (Å²) < 4.78 is 6.36. The van der Waals surface area contributed by atoms with Crippen molar-refractivity contribution >= 4 is 23.0 Å². The van der Waals surface area contributed by atoms with E-state index < -0.39 is 5.72 Å². The van der Waals surface area contributed by atoms with Crippen LogP contribution in [0.2, 0.25) is 0 Å². The third kappa shape index (κ3) is 1.98. The van der Waals surface area contributed by atoms with Gasteiger partial charge < -0.3 is 10.1 Å². The number of aryl methyl sites for hydroxylation is 1. The number of hydrogen-bond donors (Lipinski definition) is 1. The van der Waals surface area contributed by atoms with Crippen LogP contribution in [0, 0.1) is 6.92 Å². The zero-order valence-electron chi connectivity index (χ0n) is 12.7. The third-order valence-corrected chi connectivity index (χ3v) is 4.77. The first-order valence-electron chi connectivity index (χ1n) is 7.52. The molecule has 2 aromatic rings. The highest BCUT2D eigenvalue weighted by Crippen LogP contribution is 2.45. The van der Waals surface area contributed by atoms with Crippen molar-refractivity contribution in [2.24, 2.45) is 0 Å². The lowest BCUT2D eigenvalue weighted by Gasteiger charge is -2.52. The van der Waals surface area contributed by atoms with Crippen LogP contribution in [0.15, 0.2) is 48.5 Å². The zero-order chi connectivity index (χ0) is 15.3. The van der Waals surface area contributed by atoms with Crippen molar-refractivity contribution < 1.29 is 4.74 Å². The highest BCUT2D eigenvalue weighted by molar-refractivity contribution is 7.80. The van der Waals surface area contributed by atoms with Crippen LogP contribution in [-0.2, 0) is 0 Å². The number of nitrogens with zero attached hydrogens (tertiary/aromatic N) is 1. The molecule has 1 saturated heterocycles. The van der Waals surface area contributed by atoms with Crippen LogP contribution in [0.5, 0.6) is 5.75 Å². The van der Waals surface area contributed by atoms with Crippen molar-refractivity contribution in [1.82, 2.24) is 5.32 Å². The van der Waals surface area contributed by atoms with Crippen molar-refractivity contribution in [3.63, 3.8) is 0 Å². The van der Waals surface area contributed by atoms with Crippen LogP contribution in [0.1, 0.15) is 30.5 Å². The summed E-state index contributed by atoms with van der Waals surface area (Å²) in [6, 6.07) is 16.8. The lowest BCUT2D eigenvalue weighted by Crippen LogP contribution is -2.65. The van der Waals surface area contributed by atoms with Gasteiger partial charge in [0, 0.05) is 17.7 Å². The van der Waals surface area contributed by atoms with E-state index in [1.54, 1.807) is 0 Å². The molecule has 1 N–H and O–H groups in total. The molecule has 112 valence electrons. The third-order valence-electron chi connectivity index (χ3n) is 4.47. The molecule has 2 atom stereocenters. The van der Waals surface area contributed by atoms with Gasteiger partial charge in [-0.05, 0) is 44.3 Å². The smallest absolute Gasteiger partial charge is 0.188 e. The topological polar surface area (TPSA) is 24.5 Å². The summed E-state index contributed by atoms with van der Waals surface area (Å²) in [7, 11) is 0. The average molecular weight is 310 g/mol. The van der Waals surface area contributed by atoms with Gasteiger partial charge in [0.25, 0.3) is 0 Å². The van der Waals surface area contributed by atoms with Gasteiger partial charge >= 0.3 is 0 Å². The Morgan fingerprint density at radius 1 is 1.18 bits per heavy atom. The van der Waals surface area contributed by atoms with E-state index in [9.17, 15) is 0 Å². The molecule has 2 aliphatic rings. The van der Waals surface area contributed by atoms with E-state index in [1.807, 2.05) is 18.2 Å². The summed E-state index contributed by atoms with van der Waals surface area (Å²) in [5, 5.41) is 4.19. The second kappa shape index (κ2) is 4.71. The number of anilines is 1. The van der Waals surface area contributed by atoms with Crippen LogP contribution in [0.25, 0.3) is 0 Å². The van der Waals surface area contributed by atoms with Crippen LogP contribution in [0.4, 0.5) is 5.69 Å². The first-order chi connectivity index (χ1) is 10.6. The van der Waals surface area contributed by atoms with Crippen molar-refractivity contribution in [3.8, 4) is 5.75 Å². The van der Waals surface area contributed by atoms with Gasteiger partial charge in [-0.1, -0.05) is 35.9 Å². The fourth-order valence-electron chi connectivity index (χ4n) is 3.41. The van der Waals surface area contributed by atoms with Gasteiger partial charge in [0.05, 0.1) is 6.04 Å². The van der Waals surface area contributed by atoms with Gasteiger partial charge in [0.2, 0.25) is 0 Å². The molecule has 0 unspecified atom stereocenters. The molecule has 2 aliphatic heterocycles. The predicted molar refractivity (Wildman–Crippen MR) is 92.2 cm³/mol. The van der Waals surface area contributed by atoms with Crippen molar-refractivity contribution in [2.75, 3.05) is 4.90 Å². The molecule has 2 heterocycles. The molecule has 0 spiro atoms. The Balaban J connectivity index is 1.80. The van der Waals surface area contributed by atoms with Crippen LogP contribution < -0.4 is 15.0 Å². The van der Waals surface area contributed by atoms with E-state index in [1.165, 1.54) is 11.1 Å². The fourth-order valence-corrected chi connectivity index (χ4v) is 3.85. The summed E-state index contributed by atoms with van der Waals surface area (Å²) in [5.74, 6) is 0.938. The number of thiocarbonyl (C=S) groups is 1. The number of ether oxygens (including phenoxy) is 1. The molecule has 2 aromatic carbocycles. The molecule has 4 rings (SSSR count). The lowest BCUT2D eigenvalue weighted by atomic mass is 9.90. The van der Waals surface area contributed by atoms with E-state index in [0.29, 0.717) is 0 Å². The van der Waals surface area contributed by atoms with Gasteiger partial charge in [0.15, 0.2) is 10.8 Å². The van der Waals surface area contributed by atoms with Crippen molar-refractivity contribution in [3.05, 3.63) is 59.7 Å². The lowest BCUT2D eigenvalue weighted by molar-refractivity contribution is 0.0498. The van der Waals surface area contributed by atoms with Crippen LogP contribution in [0.3, 0.4) is 0 Å². The van der Waals surface area contributed by atoms with E-state index in [-0.39, 0.29) is 6.04 Å². The van der Waals surface area contributed by atoms with Crippen LogP contribution >= 0.6 is 12.2 Å². The van der Waals surface area contributed by atoms with E-state index in [2.05, 4.69) is 54.4 Å². The Morgan fingerprint density at radius 3 is 2.68 bits per heavy atom. The Morgan fingerprint density at radius 2 is 1.91 bits per heavy atom. The summed E-state index contributed by atoms with van der Waals surface area (Å²) >= 11 is 5.63. The molecular formula is C18H18N2OS. The van der Waals surface area contributed by atoms with Crippen molar-refractivity contribution in [2.45, 2.75) is 32.0 Å². The maximum Gasteiger partial charge on any atom is 0.188 e. The Bertz CT molecular complexity index is 743. The minimum Gasteiger partial charge on any atom is -0.467 e.